The first-order valence-corrected chi connectivity index (χ1v) is 4.56. The van der Waals surface area contributed by atoms with Crippen molar-refractivity contribution < 1.29 is 0 Å². The number of aromatic nitrogens is 2. The maximum Gasteiger partial charge on any atom is 0.134 e. The van der Waals surface area contributed by atoms with Gasteiger partial charge in [0.2, 0.25) is 0 Å². The van der Waals surface area contributed by atoms with Crippen molar-refractivity contribution in [1.29, 1.82) is 0 Å². The van der Waals surface area contributed by atoms with E-state index in [9.17, 15) is 0 Å². The predicted molar refractivity (Wildman–Crippen MR) is 51.7 cm³/mol. The molecule has 0 radical (unpaired) electrons. The molecule has 2 rings (SSSR count). The molecule has 2 heterocycles. The Morgan fingerprint density at radius 1 is 1.38 bits per heavy atom. The Hall–Kier alpha value is -1.16. The average molecular weight is 178 g/mol. The smallest absolute Gasteiger partial charge is 0.134 e. The molecule has 1 aliphatic rings. The van der Waals surface area contributed by atoms with Gasteiger partial charge in [-0.25, -0.2) is 9.97 Å². The van der Waals surface area contributed by atoms with Crippen LogP contribution in [0.25, 0.3) is 0 Å². The molecule has 0 aliphatic carbocycles. The van der Waals surface area contributed by atoms with Crippen molar-refractivity contribution >= 4 is 5.82 Å². The lowest BCUT2D eigenvalue weighted by Crippen LogP contribution is -2.26. The van der Waals surface area contributed by atoms with Gasteiger partial charge in [-0.1, -0.05) is 0 Å². The first-order valence-electron chi connectivity index (χ1n) is 4.56. The Kier molecular flexibility index (Phi) is 2.14. The quantitative estimate of drug-likeness (QED) is 0.656. The summed E-state index contributed by atoms with van der Waals surface area (Å²) in [5, 5.41) is 6.42. The summed E-state index contributed by atoms with van der Waals surface area (Å²) < 4.78 is 0. The number of anilines is 1. The molecule has 0 aromatic carbocycles. The molecule has 1 aromatic rings. The third kappa shape index (κ3) is 1.49. The van der Waals surface area contributed by atoms with Gasteiger partial charge < -0.3 is 10.6 Å². The molecule has 0 fully saturated rings. The molecule has 4 heteroatoms. The van der Waals surface area contributed by atoms with E-state index in [0.717, 1.165) is 31.2 Å². The van der Waals surface area contributed by atoms with Crippen molar-refractivity contribution in [3.63, 3.8) is 0 Å². The van der Waals surface area contributed by atoms with E-state index in [2.05, 4.69) is 20.6 Å². The Balaban J connectivity index is 2.50. The Labute approximate surface area is 77.8 Å². The van der Waals surface area contributed by atoms with Crippen LogP contribution in [0, 0.1) is 6.92 Å². The maximum atomic E-state index is 4.43. The Bertz CT molecular complexity index is 304. The lowest BCUT2D eigenvalue weighted by Gasteiger charge is -2.18. The lowest BCUT2D eigenvalue weighted by molar-refractivity contribution is 0.624. The van der Waals surface area contributed by atoms with Crippen LogP contribution in [-0.4, -0.2) is 23.6 Å². The molecule has 0 saturated heterocycles. The summed E-state index contributed by atoms with van der Waals surface area (Å²) in [6.07, 6.45) is 1.01. The molecule has 0 spiro atoms. The molecular formula is C9H14N4. The molecule has 0 saturated carbocycles. The van der Waals surface area contributed by atoms with Gasteiger partial charge in [0.25, 0.3) is 0 Å². The van der Waals surface area contributed by atoms with Crippen LogP contribution >= 0.6 is 0 Å². The predicted octanol–water partition coefficient (Wildman–Crippen LogP) is 0.472. The van der Waals surface area contributed by atoms with E-state index in [1.54, 1.807) is 0 Å². The van der Waals surface area contributed by atoms with E-state index in [1.165, 1.54) is 11.3 Å². The van der Waals surface area contributed by atoms with E-state index >= 15 is 0 Å². The monoisotopic (exact) mass is 178 g/mol. The second-order valence-electron chi connectivity index (χ2n) is 3.22. The first kappa shape index (κ1) is 8.44. The van der Waals surface area contributed by atoms with Crippen LogP contribution in [-0.2, 0) is 13.0 Å². The number of nitrogens with one attached hydrogen (secondary N) is 2. The minimum atomic E-state index is 0.852. The summed E-state index contributed by atoms with van der Waals surface area (Å²) in [7, 11) is 1.90. The normalized spacial score (nSPS) is 15.2. The highest BCUT2D eigenvalue weighted by atomic mass is 15.0. The van der Waals surface area contributed by atoms with Crippen LogP contribution in [0.15, 0.2) is 0 Å². The molecule has 2 N–H and O–H groups in total. The van der Waals surface area contributed by atoms with Crippen LogP contribution < -0.4 is 10.6 Å². The minimum absolute atomic E-state index is 0.852. The second-order valence-corrected chi connectivity index (χ2v) is 3.22. The van der Waals surface area contributed by atoms with Crippen LogP contribution in [0.5, 0.6) is 0 Å². The molecule has 1 aliphatic heterocycles. The van der Waals surface area contributed by atoms with Crippen LogP contribution in [0.3, 0.4) is 0 Å². The summed E-state index contributed by atoms with van der Waals surface area (Å²) in [5.74, 6) is 1.82. The van der Waals surface area contributed by atoms with Crippen molar-refractivity contribution in [1.82, 2.24) is 15.3 Å². The average Bonchev–Trinajstić information content (AvgIpc) is 2.16. The number of hydrogen-bond acceptors (Lipinski definition) is 4. The number of rotatable bonds is 1. The highest BCUT2D eigenvalue weighted by Crippen LogP contribution is 2.18. The fourth-order valence-electron chi connectivity index (χ4n) is 1.67. The SMILES string of the molecule is CNc1nc(C)nc2c1CNCC2. The number of aryl methyl sites for hydroxylation is 1. The highest BCUT2D eigenvalue weighted by Gasteiger charge is 2.14. The Morgan fingerprint density at radius 2 is 2.23 bits per heavy atom. The first-order chi connectivity index (χ1) is 6.31. The molecule has 0 atom stereocenters. The fourth-order valence-corrected chi connectivity index (χ4v) is 1.67. The van der Waals surface area contributed by atoms with Gasteiger partial charge in [0.05, 0.1) is 5.69 Å². The van der Waals surface area contributed by atoms with E-state index < -0.39 is 0 Å². The van der Waals surface area contributed by atoms with Gasteiger partial charge >= 0.3 is 0 Å². The van der Waals surface area contributed by atoms with E-state index in [-0.39, 0.29) is 0 Å². The third-order valence-corrected chi connectivity index (χ3v) is 2.28. The summed E-state index contributed by atoms with van der Waals surface area (Å²) in [5.41, 5.74) is 2.41. The van der Waals surface area contributed by atoms with Gasteiger partial charge in [0.1, 0.15) is 11.6 Å². The van der Waals surface area contributed by atoms with E-state index in [0.29, 0.717) is 0 Å². The van der Waals surface area contributed by atoms with Crippen LogP contribution in [0.4, 0.5) is 5.82 Å². The standard InChI is InChI=1S/C9H14N4/c1-6-12-8-3-4-11-5-7(8)9(10-2)13-6/h11H,3-5H2,1-2H3,(H,10,12,13). The zero-order valence-electron chi connectivity index (χ0n) is 8.02. The summed E-state index contributed by atoms with van der Waals surface area (Å²) in [6.45, 7) is 3.83. The molecule has 0 bridgehead atoms. The molecule has 70 valence electrons. The van der Waals surface area contributed by atoms with Crippen molar-refractivity contribution in [2.75, 3.05) is 18.9 Å². The summed E-state index contributed by atoms with van der Waals surface area (Å²) >= 11 is 0. The van der Waals surface area contributed by atoms with Crippen LogP contribution in [0.2, 0.25) is 0 Å². The maximum absolute atomic E-state index is 4.43. The largest absolute Gasteiger partial charge is 0.373 e. The fraction of sp³-hybridized carbons (Fsp3) is 0.556. The molecule has 0 unspecified atom stereocenters. The molecule has 1 aromatic heterocycles. The van der Waals surface area contributed by atoms with Gasteiger partial charge in [0.15, 0.2) is 0 Å². The summed E-state index contributed by atoms with van der Waals surface area (Å²) in [6, 6.07) is 0. The minimum Gasteiger partial charge on any atom is -0.373 e. The van der Waals surface area contributed by atoms with Gasteiger partial charge in [0, 0.05) is 32.1 Å². The molecule has 13 heavy (non-hydrogen) atoms. The number of hydrogen-bond donors (Lipinski definition) is 2. The molecule has 0 amide bonds. The van der Waals surface area contributed by atoms with Crippen molar-refractivity contribution in [3.05, 3.63) is 17.1 Å². The van der Waals surface area contributed by atoms with E-state index in [1.807, 2.05) is 14.0 Å². The zero-order valence-corrected chi connectivity index (χ0v) is 8.02. The van der Waals surface area contributed by atoms with Crippen molar-refractivity contribution in [3.8, 4) is 0 Å². The lowest BCUT2D eigenvalue weighted by atomic mass is 10.1. The topological polar surface area (TPSA) is 49.8 Å². The third-order valence-electron chi connectivity index (χ3n) is 2.28. The van der Waals surface area contributed by atoms with Crippen LogP contribution in [0.1, 0.15) is 17.1 Å². The van der Waals surface area contributed by atoms with Crippen molar-refractivity contribution in [2.45, 2.75) is 19.9 Å². The van der Waals surface area contributed by atoms with Crippen molar-refractivity contribution in [2.24, 2.45) is 0 Å². The van der Waals surface area contributed by atoms with Gasteiger partial charge in [-0.05, 0) is 6.92 Å². The van der Waals surface area contributed by atoms with Gasteiger partial charge in [-0.2, -0.15) is 0 Å². The highest BCUT2D eigenvalue weighted by molar-refractivity contribution is 5.47. The number of fused-ring (bicyclic) bond motifs is 1. The Morgan fingerprint density at radius 3 is 3.00 bits per heavy atom. The second kappa shape index (κ2) is 3.30. The molecule has 4 nitrogen and oxygen atoms in total. The van der Waals surface area contributed by atoms with Gasteiger partial charge in [-0.15, -0.1) is 0 Å². The van der Waals surface area contributed by atoms with E-state index in [4.69, 9.17) is 0 Å². The van der Waals surface area contributed by atoms with Gasteiger partial charge in [-0.3, -0.25) is 0 Å². The zero-order chi connectivity index (χ0) is 9.26. The summed E-state index contributed by atoms with van der Waals surface area (Å²) in [4.78, 5) is 8.77. The number of nitrogens with zero attached hydrogens (tertiary/aromatic N) is 2. The molecular weight excluding hydrogens is 164 g/mol.